The quantitative estimate of drug-likeness (QED) is 0.727. The van der Waals surface area contributed by atoms with E-state index in [2.05, 4.69) is 42.7 Å². The van der Waals surface area contributed by atoms with Crippen molar-refractivity contribution >= 4 is 0 Å². The summed E-state index contributed by atoms with van der Waals surface area (Å²) in [5.74, 6) is 0.770. The van der Waals surface area contributed by atoms with Crippen LogP contribution in [0, 0.1) is 0 Å². The molecule has 0 bridgehead atoms. The maximum atomic E-state index is 3.44. The third-order valence-corrected chi connectivity index (χ3v) is 3.60. The summed E-state index contributed by atoms with van der Waals surface area (Å²) in [5.41, 5.74) is 1.53. The second-order valence-electron chi connectivity index (χ2n) is 4.61. The molecule has 1 aliphatic carbocycles. The van der Waals surface area contributed by atoms with Crippen molar-refractivity contribution in [2.45, 2.75) is 44.1 Å². The third-order valence-electron chi connectivity index (χ3n) is 3.60. The number of hydrogen-bond acceptors (Lipinski definition) is 1. The van der Waals surface area contributed by atoms with Crippen LogP contribution in [0.5, 0.6) is 0 Å². The van der Waals surface area contributed by atoms with Gasteiger partial charge in [0.15, 0.2) is 0 Å². The largest absolute Gasteiger partial charge is 0.317 e. The Labute approximate surface area is 92.9 Å². The molecule has 0 saturated heterocycles. The van der Waals surface area contributed by atoms with Crippen LogP contribution in [0.2, 0.25) is 0 Å². The van der Waals surface area contributed by atoms with Crippen molar-refractivity contribution in [2.24, 2.45) is 0 Å². The molecule has 2 rings (SSSR count). The van der Waals surface area contributed by atoms with Gasteiger partial charge in [0, 0.05) is 6.04 Å². The fourth-order valence-corrected chi connectivity index (χ4v) is 2.65. The zero-order valence-corrected chi connectivity index (χ0v) is 9.58. The molecule has 0 aromatic heterocycles. The van der Waals surface area contributed by atoms with Crippen LogP contribution in [0.4, 0.5) is 0 Å². The van der Waals surface area contributed by atoms with Crippen LogP contribution in [0.15, 0.2) is 30.3 Å². The van der Waals surface area contributed by atoms with Crippen LogP contribution in [0.25, 0.3) is 0 Å². The van der Waals surface area contributed by atoms with Gasteiger partial charge in [0.05, 0.1) is 0 Å². The lowest BCUT2D eigenvalue weighted by molar-refractivity contribution is 0.471. The molecule has 1 fully saturated rings. The fourth-order valence-electron chi connectivity index (χ4n) is 2.65. The molecule has 0 heterocycles. The van der Waals surface area contributed by atoms with Crippen LogP contribution in [0.1, 0.15) is 43.6 Å². The average Bonchev–Trinajstić information content (AvgIpc) is 2.55. The first-order valence-electron chi connectivity index (χ1n) is 6.12. The molecular formula is C14H21N. The summed E-state index contributed by atoms with van der Waals surface area (Å²) in [6, 6.07) is 11.7. The first-order valence-corrected chi connectivity index (χ1v) is 6.12. The van der Waals surface area contributed by atoms with Crippen molar-refractivity contribution in [3.63, 3.8) is 0 Å². The maximum Gasteiger partial charge on any atom is 0.00698 e. The van der Waals surface area contributed by atoms with E-state index in [1.54, 1.807) is 0 Å². The number of hydrogen-bond donors (Lipinski definition) is 1. The third kappa shape index (κ3) is 2.82. The van der Waals surface area contributed by atoms with E-state index >= 15 is 0 Å². The Hall–Kier alpha value is -0.820. The minimum atomic E-state index is 0.720. The lowest BCUT2D eigenvalue weighted by Gasteiger charge is -2.19. The molecule has 1 N–H and O–H groups in total. The number of benzene rings is 1. The van der Waals surface area contributed by atoms with Gasteiger partial charge < -0.3 is 5.32 Å². The van der Waals surface area contributed by atoms with Gasteiger partial charge in [-0.3, -0.25) is 0 Å². The van der Waals surface area contributed by atoms with Crippen molar-refractivity contribution < 1.29 is 0 Å². The summed E-state index contributed by atoms with van der Waals surface area (Å²) in [7, 11) is 2.10. The second-order valence-corrected chi connectivity index (χ2v) is 4.61. The molecule has 1 heteroatoms. The Bertz CT molecular complexity index is 281. The SMILES string of the molecule is CNC1CCCCC(c2ccccc2)C1. The van der Waals surface area contributed by atoms with Crippen molar-refractivity contribution in [3.05, 3.63) is 35.9 Å². The Kier molecular flexibility index (Phi) is 3.79. The molecular weight excluding hydrogens is 182 g/mol. The molecule has 0 spiro atoms. The Balaban J connectivity index is 2.07. The van der Waals surface area contributed by atoms with Gasteiger partial charge >= 0.3 is 0 Å². The van der Waals surface area contributed by atoms with Gasteiger partial charge in [-0.1, -0.05) is 43.2 Å². The molecule has 1 aromatic carbocycles. The normalized spacial score (nSPS) is 27.3. The summed E-state index contributed by atoms with van der Waals surface area (Å²) in [6.07, 6.45) is 6.79. The first-order chi connectivity index (χ1) is 7.40. The highest BCUT2D eigenvalue weighted by molar-refractivity contribution is 5.19. The second kappa shape index (κ2) is 5.32. The van der Waals surface area contributed by atoms with Gasteiger partial charge in [0.25, 0.3) is 0 Å². The summed E-state index contributed by atoms with van der Waals surface area (Å²) in [5, 5.41) is 3.44. The molecule has 0 radical (unpaired) electrons. The van der Waals surface area contributed by atoms with Crippen LogP contribution in [0.3, 0.4) is 0 Å². The smallest absolute Gasteiger partial charge is 0.00698 e. The fraction of sp³-hybridized carbons (Fsp3) is 0.571. The lowest BCUT2D eigenvalue weighted by atomic mass is 9.90. The van der Waals surface area contributed by atoms with Gasteiger partial charge in [-0.15, -0.1) is 0 Å². The highest BCUT2D eigenvalue weighted by atomic mass is 14.9. The van der Waals surface area contributed by atoms with Crippen molar-refractivity contribution in [1.29, 1.82) is 0 Å². The average molecular weight is 203 g/mol. The molecule has 1 aliphatic rings. The maximum absolute atomic E-state index is 3.44. The highest BCUT2D eigenvalue weighted by Gasteiger charge is 2.19. The van der Waals surface area contributed by atoms with E-state index in [1.165, 1.54) is 37.7 Å². The van der Waals surface area contributed by atoms with Crippen LogP contribution >= 0.6 is 0 Å². The molecule has 1 aromatic rings. The number of rotatable bonds is 2. The topological polar surface area (TPSA) is 12.0 Å². The summed E-state index contributed by atoms with van der Waals surface area (Å²) >= 11 is 0. The highest BCUT2D eigenvalue weighted by Crippen LogP contribution is 2.31. The minimum absolute atomic E-state index is 0.720. The zero-order valence-electron chi connectivity index (χ0n) is 9.58. The van der Waals surface area contributed by atoms with Crippen LogP contribution < -0.4 is 5.32 Å². The molecule has 1 nitrogen and oxygen atoms in total. The molecule has 82 valence electrons. The molecule has 15 heavy (non-hydrogen) atoms. The standard InChI is InChI=1S/C14H21N/c1-15-14-10-6-5-9-13(11-14)12-7-3-2-4-8-12/h2-4,7-8,13-15H,5-6,9-11H2,1H3. The van der Waals surface area contributed by atoms with E-state index in [1.807, 2.05) is 0 Å². The zero-order chi connectivity index (χ0) is 10.5. The van der Waals surface area contributed by atoms with Gasteiger partial charge in [0.1, 0.15) is 0 Å². The van der Waals surface area contributed by atoms with Gasteiger partial charge in [-0.05, 0) is 37.8 Å². The summed E-state index contributed by atoms with van der Waals surface area (Å²) in [4.78, 5) is 0. The molecule has 1 saturated carbocycles. The Morgan fingerprint density at radius 1 is 1.07 bits per heavy atom. The monoisotopic (exact) mass is 203 g/mol. The number of nitrogens with one attached hydrogen (secondary N) is 1. The molecule has 2 unspecified atom stereocenters. The van der Waals surface area contributed by atoms with E-state index in [0.29, 0.717) is 0 Å². The Morgan fingerprint density at radius 2 is 1.80 bits per heavy atom. The molecule has 0 aliphatic heterocycles. The summed E-state index contributed by atoms with van der Waals surface area (Å²) < 4.78 is 0. The van der Waals surface area contributed by atoms with Crippen LogP contribution in [-0.4, -0.2) is 13.1 Å². The lowest BCUT2D eigenvalue weighted by Crippen LogP contribution is -2.25. The van der Waals surface area contributed by atoms with Crippen molar-refractivity contribution in [2.75, 3.05) is 7.05 Å². The predicted molar refractivity (Wildman–Crippen MR) is 65.1 cm³/mol. The van der Waals surface area contributed by atoms with E-state index in [-0.39, 0.29) is 0 Å². The Morgan fingerprint density at radius 3 is 2.53 bits per heavy atom. The summed E-state index contributed by atoms with van der Waals surface area (Å²) in [6.45, 7) is 0. The van der Waals surface area contributed by atoms with Gasteiger partial charge in [-0.2, -0.15) is 0 Å². The predicted octanol–water partition coefficient (Wildman–Crippen LogP) is 3.32. The van der Waals surface area contributed by atoms with Crippen molar-refractivity contribution in [3.8, 4) is 0 Å². The minimum Gasteiger partial charge on any atom is -0.317 e. The van der Waals surface area contributed by atoms with Gasteiger partial charge in [-0.25, -0.2) is 0 Å². The van der Waals surface area contributed by atoms with E-state index in [0.717, 1.165) is 12.0 Å². The first kappa shape index (κ1) is 10.7. The van der Waals surface area contributed by atoms with Gasteiger partial charge in [0.2, 0.25) is 0 Å². The van der Waals surface area contributed by atoms with Crippen molar-refractivity contribution in [1.82, 2.24) is 5.32 Å². The van der Waals surface area contributed by atoms with E-state index in [4.69, 9.17) is 0 Å². The molecule has 2 atom stereocenters. The van der Waals surface area contributed by atoms with E-state index in [9.17, 15) is 0 Å². The molecule has 0 amide bonds. The van der Waals surface area contributed by atoms with Crippen LogP contribution in [-0.2, 0) is 0 Å². The van der Waals surface area contributed by atoms with E-state index < -0.39 is 0 Å².